The lowest BCUT2D eigenvalue weighted by molar-refractivity contribution is 1.10. The van der Waals surface area contributed by atoms with Gasteiger partial charge in [0.25, 0.3) is 0 Å². The third-order valence-electron chi connectivity index (χ3n) is 5.39. The maximum atomic E-state index is 4.48. The van der Waals surface area contributed by atoms with Gasteiger partial charge in [-0.2, -0.15) is 0 Å². The van der Waals surface area contributed by atoms with Crippen LogP contribution in [-0.4, -0.2) is 15.0 Å². The van der Waals surface area contributed by atoms with Crippen molar-refractivity contribution in [1.29, 1.82) is 0 Å². The van der Waals surface area contributed by atoms with Gasteiger partial charge in [0.15, 0.2) is 0 Å². The van der Waals surface area contributed by atoms with Crippen molar-refractivity contribution in [2.45, 2.75) is 13.5 Å². The minimum atomic E-state index is 0.701. The van der Waals surface area contributed by atoms with Crippen LogP contribution in [0.15, 0.2) is 97.5 Å². The monoisotopic (exact) mass is 402 g/mol. The molecule has 3 aromatic carbocycles. The van der Waals surface area contributed by atoms with E-state index < -0.39 is 0 Å². The van der Waals surface area contributed by atoms with Gasteiger partial charge in [-0.25, -0.2) is 9.97 Å². The summed E-state index contributed by atoms with van der Waals surface area (Å²) in [6.45, 7) is 2.70. The number of hydrogen-bond donors (Lipinski definition) is 1. The van der Waals surface area contributed by atoms with Crippen LogP contribution in [-0.2, 0) is 6.54 Å². The van der Waals surface area contributed by atoms with E-state index in [4.69, 9.17) is 0 Å². The van der Waals surface area contributed by atoms with Gasteiger partial charge in [-0.3, -0.25) is 4.98 Å². The fraction of sp³-hybridized carbons (Fsp3) is 0.0741. The highest BCUT2D eigenvalue weighted by Gasteiger charge is 2.07. The second-order valence-electron chi connectivity index (χ2n) is 7.56. The number of fused-ring (bicyclic) bond motifs is 1. The molecule has 4 heteroatoms. The molecule has 0 spiro atoms. The number of nitrogens with zero attached hydrogens (tertiary/aromatic N) is 3. The lowest BCUT2D eigenvalue weighted by Crippen LogP contribution is -2.02. The highest BCUT2D eigenvalue weighted by atomic mass is 15.0. The van der Waals surface area contributed by atoms with Crippen LogP contribution in [0, 0.1) is 6.92 Å². The quantitative estimate of drug-likeness (QED) is 0.376. The Morgan fingerprint density at radius 1 is 0.677 bits per heavy atom. The molecule has 0 unspecified atom stereocenters. The van der Waals surface area contributed by atoms with Crippen molar-refractivity contribution in [3.63, 3.8) is 0 Å². The predicted octanol–water partition coefficient (Wildman–Crippen LogP) is 6.28. The first-order chi connectivity index (χ1) is 15.3. The van der Waals surface area contributed by atoms with Crippen LogP contribution in [0.2, 0.25) is 0 Å². The van der Waals surface area contributed by atoms with Gasteiger partial charge in [0.05, 0.1) is 5.52 Å². The van der Waals surface area contributed by atoms with Gasteiger partial charge in [0.1, 0.15) is 12.1 Å². The molecule has 2 aromatic heterocycles. The number of hydrogen-bond acceptors (Lipinski definition) is 4. The smallest absolute Gasteiger partial charge is 0.137 e. The molecule has 0 atom stereocenters. The van der Waals surface area contributed by atoms with Crippen molar-refractivity contribution in [3.8, 4) is 22.3 Å². The van der Waals surface area contributed by atoms with Crippen LogP contribution >= 0.6 is 0 Å². The molecule has 0 aliphatic carbocycles. The van der Waals surface area contributed by atoms with Crippen molar-refractivity contribution < 1.29 is 0 Å². The molecule has 0 fully saturated rings. The number of anilines is 1. The SMILES string of the molecule is Cc1cc(-c2ccc3c(NCc4ccc(-c5ccccc5)cc4)ncnc3c2)ccn1. The molecule has 0 bridgehead atoms. The summed E-state index contributed by atoms with van der Waals surface area (Å²) in [6.07, 6.45) is 3.45. The van der Waals surface area contributed by atoms with Gasteiger partial charge in [-0.1, -0.05) is 60.7 Å². The van der Waals surface area contributed by atoms with Gasteiger partial charge >= 0.3 is 0 Å². The van der Waals surface area contributed by atoms with Crippen molar-refractivity contribution >= 4 is 16.7 Å². The second kappa shape index (κ2) is 8.36. The first-order valence-corrected chi connectivity index (χ1v) is 10.3. The summed E-state index contributed by atoms with van der Waals surface area (Å²) in [5.41, 5.74) is 7.83. The molecule has 31 heavy (non-hydrogen) atoms. The number of nitrogens with one attached hydrogen (secondary N) is 1. The van der Waals surface area contributed by atoms with E-state index in [2.05, 4.69) is 93.1 Å². The standard InChI is InChI=1S/C27H22N4/c1-19-15-24(13-14-28-19)23-11-12-25-26(16-23)30-18-31-27(25)29-17-20-7-9-22(10-8-20)21-5-3-2-4-6-21/h2-16,18H,17H2,1H3,(H,29,30,31). The van der Waals surface area contributed by atoms with E-state index in [0.29, 0.717) is 6.54 Å². The Morgan fingerprint density at radius 2 is 1.42 bits per heavy atom. The minimum absolute atomic E-state index is 0.701. The van der Waals surface area contributed by atoms with E-state index in [1.54, 1.807) is 6.33 Å². The van der Waals surface area contributed by atoms with E-state index in [1.165, 1.54) is 16.7 Å². The van der Waals surface area contributed by atoms with E-state index in [1.807, 2.05) is 25.3 Å². The lowest BCUT2D eigenvalue weighted by Gasteiger charge is -2.10. The van der Waals surface area contributed by atoms with E-state index in [-0.39, 0.29) is 0 Å². The average molecular weight is 403 g/mol. The fourth-order valence-electron chi connectivity index (χ4n) is 3.73. The molecule has 0 saturated carbocycles. The van der Waals surface area contributed by atoms with Gasteiger partial charge in [-0.05, 0) is 59.0 Å². The van der Waals surface area contributed by atoms with Crippen LogP contribution in [0.5, 0.6) is 0 Å². The number of aryl methyl sites for hydroxylation is 1. The fourth-order valence-corrected chi connectivity index (χ4v) is 3.73. The van der Waals surface area contributed by atoms with Crippen LogP contribution in [0.1, 0.15) is 11.3 Å². The number of aromatic nitrogens is 3. The zero-order chi connectivity index (χ0) is 21.0. The Balaban J connectivity index is 1.36. The number of benzene rings is 3. The van der Waals surface area contributed by atoms with Crippen LogP contribution < -0.4 is 5.32 Å². The first-order valence-electron chi connectivity index (χ1n) is 10.3. The maximum Gasteiger partial charge on any atom is 0.137 e. The maximum absolute atomic E-state index is 4.48. The lowest BCUT2D eigenvalue weighted by atomic mass is 10.0. The highest BCUT2D eigenvalue weighted by molar-refractivity contribution is 5.91. The molecule has 4 nitrogen and oxygen atoms in total. The molecule has 0 saturated heterocycles. The van der Waals surface area contributed by atoms with Crippen LogP contribution in [0.25, 0.3) is 33.2 Å². The van der Waals surface area contributed by atoms with E-state index in [0.717, 1.165) is 33.5 Å². The third-order valence-corrected chi connectivity index (χ3v) is 5.39. The average Bonchev–Trinajstić information content (AvgIpc) is 2.83. The topological polar surface area (TPSA) is 50.7 Å². The summed E-state index contributed by atoms with van der Waals surface area (Å²) >= 11 is 0. The normalized spacial score (nSPS) is 10.9. The van der Waals surface area contributed by atoms with Gasteiger partial charge in [-0.15, -0.1) is 0 Å². The summed E-state index contributed by atoms with van der Waals surface area (Å²) in [6, 6.07) is 29.4. The van der Waals surface area contributed by atoms with Gasteiger partial charge < -0.3 is 5.32 Å². The zero-order valence-electron chi connectivity index (χ0n) is 17.3. The van der Waals surface area contributed by atoms with Crippen molar-refractivity contribution in [1.82, 2.24) is 15.0 Å². The van der Waals surface area contributed by atoms with E-state index in [9.17, 15) is 0 Å². The number of pyridine rings is 1. The Labute approximate surface area is 181 Å². The summed E-state index contributed by atoms with van der Waals surface area (Å²) in [5, 5.41) is 4.48. The molecule has 2 heterocycles. The molecular formula is C27H22N4. The van der Waals surface area contributed by atoms with Crippen molar-refractivity contribution in [2.75, 3.05) is 5.32 Å². The predicted molar refractivity (Wildman–Crippen MR) is 127 cm³/mol. The Morgan fingerprint density at radius 3 is 2.23 bits per heavy atom. The molecule has 1 N–H and O–H groups in total. The van der Waals surface area contributed by atoms with Gasteiger partial charge in [0.2, 0.25) is 0 Å². The summed E-state index contributed by atoms with van der Waals surface area (Å²) in [5.74, 6) is 0.842. The van der Waals surface area contributed by atoms with Crippen molar-refractivity contribution in [3.05, 3.63) is 109 Å². The highest BCUT2D eigenvalue weighted by Crippen LogP contribution is 2.27. The zero-order valence-corrected chi connectivity index (χ0v) is 17.3. The molecule has 5 rings (SSSR count). The summed E-state index contributed by atoms with van der Waals surface area (Å²) in [7, 11) is 0. The molecule has 0 aliphatic heterocycles. The Bertz CT molecular complexity index is 1330. The number of rotatable bonds is 5. The van der Waals surface area contributed by atoms with Gasteiger partial charge in [0, 0.05) is 23.8 Å². The van der Waals surface area contributed by atoms with Crippen molar-refractivity contribution in [2.24, 2.45) is 0 Å². The largest absolute Gasteiger partial charge is 0.365 e. The summed E-state index contributed by atoms with van der Waals surface area (Å²) in [4.78, 5) is 13.2. The Kier molecular flexibility index (Phi) is 5.11. The Hall–Kier alpha value is -4.05. The second-order valence-corrected chi connectivity index (χ2v) is 7.56. The molecule has 150 valence electrons. The molecule has 0 aliphatic rings. The van der Waals surface area contributed by atoms with Crippen LogP contribution in [0.4, 0.5) is 5.82 Å². The molecule has 5 aromatic rings. The first kappa shape index (κ1) is 18.9. The third kappa shape index (κ3) is 4.14. The summed E-state index contributed by atoms with van der Waals surface area (Å²) < 4.78 is 0. The minimum Gasteiger partial charge on any atom is -0.365 e. The van der Waals surface area contributed by atoms with E-state index >= 15 is 0 Å². The molecular weight excluding hydrogens is 380 g/mol. The molecule has 0 radical (unpaired) electrons. The van der Waals surface area contributed by atoms with Crippen LogP contribution in [0.3, 0.4) is 0 Å². The molecule has 0 amide bonds.